The third-order valence-electron chi connectivity index (χ3n) is 4.22. The maximum Gasteiger partial charge on any atom is 0.274 e. The molecule has 1 heterocycles. The monoisotopic (exact) mass is 350 g/mol. The van der Waals surface area contributed by atoms with Gasteiger partial charge in [0.05, 0.1) is 7.11 Å². The predicted octanol–water partition coefficient (Wildman–Crippen LogP) is 4.10. The van der Waals surface area contributed by atoms with Crippen LogP contribution in [0.2, 0.25) is 0 Å². The van der Waals surface area contributed by atoms with Gasteiger partial charge in [0.15, 0.2) is 17.8 Å². The average Bonchev–Trinajstić information content (AvgIpc) is 3.17. The molecule has 0 saturated carbocycles. The molecule has 0 aliphatic rings. The van der Waals surface area contributed by atoms with Crippen LogP contribution in [0.4, 0.5) is 0 Å². The number of nitrogens with one attached hydrogen (secondary N) is 1. The van der Waals surface area contributed by atoms with Gasteiger partial charge in [-0.15, -0.1) is 0 Å². The van der Waals surface area contributed by atoms with E-state index in [4.69, 9.17) is 9.15 Å². The van der Waals surface area contributed by atoms with E-state index in [-0.39, 0.29) is 11.9 Å². The fourth-order valence-electron chi connectivity index (χ4n) is 2.75. The van der Waals surface area contributed by atoms with Gasteiger partial charge >= 0.3 is 0 Å². The Kier molecular flexibility index (Phi) is 5.69. The van der Waals surface area contributed by atoms with E-state index < -0.39 is 0 Å². The van der Waals surface area contributed by atoms with Crippen molar-refractivity contribution in [1.29, 1.82) is 0 Å². The Morgan fingerprint density at radius 2 is 1.88 bits per heavy atom. The van der Waals surface area contributed by atoms with Crippen LogP contribution in [0.25, 0.3) is 11.3 Å². The molecule has 0 bridgehead atoms. The van der Waals surface area contributed by atoms with Crippen LogP contribution < -0.4 is 10.1 Å². The number of carbonyl (C=O) groups excluding carboxylic acids is 1. The highest BCUT2D eigenvalue weighted by molar-refractivity contribution is 5.97. The minimum absolute atomic E-state index is 0.0307. The molecule has 2 aromatic carbocycles. The SMILES string of the molecule is COc1ccc(-c2ocnc2C(=O)NC(C)CCc2ccccc2)cc1. The Hall–Kier alpha value is -3.08. The Labute approximate surface area is 153 Å². The minimum atomic E-state index is -0.231. The molecule has 5 nitrogen and oxygen atoms in total. The first-order valence-electron chi connectivity index (χ1n) is 8.60. The van der Waals surface area contributed by atoms with Crippen molar-refractivity contribution in [2.45, 2.75) is 25.8 Å². The second-order valence-corrected chi connectivity index (χ2v) is 6.16. The van der Waals surface area contributed by atoms with E-state index in [1.54, 1.807) is 7.11 Å². The summed E-state index contributed by atoms with van der Waals surface area (Å²) in [6.07, 6.45) is 3.06. The highest BCUT2D eigenvalue weighted by Crippen LogP contribution is 2.25. The van der Waals surface area contributed by atoms with Crippen LogP contribution in [-0.4, -0.2) is 24.0 Å². The van der Waals surface area contributed by atoms with Crippen molar-refractivity contribution in [2.75, 3.05) is 7.11 Å². The molecule has 0 radical (unpaired) electrons. The molecule has 3 rings (SSSR count). The van der Waals surface area contributed by atoms with E-state index in [1.165, 1.54) is 12.0 Å². The fraction of sp³-hybridized carbons (Fsp3) is 0.238. The van der Waals surface area contributed by atoms with Crippen molar-refractivity contribution in [3.05, 3.63) is 72.2 Å². The standard InChI is InChI=1S/C21H22N2O3/c1-15(8-9-16-6-4-3-5-7-16)23-21(24)19-20(26-14-22-19)17-10-12-18(25-2)13-11-17/h3-7,10-15H,8-9H2,1-2H3,(H,23,24). The highest BCUT2D eigenvalue weighted by Gasteiger charge is 2.19. The van der Waals surface area contributed by atoms with Gasteiger partial charge in [-0.1, -0.05) is 30.3 Å². The lowest BCUT2D eigenvalue weighted by molar-refractivity contribution is 0.0934. The molecular formula is C21H22N2O3. The number of benzene rings is 2. The first-order chi connectivity index (χ1) is 12.7. The van der Waals surface area contributed by atoms with E-state index in [9.17, 15) is 4.79 Å². The predicted molar refractivity (Wildman–Crippen MR) is 100 cm³/mol. The average molecular weight is 350 g/mol. The lowest BCUT2D eigenvalue weighted by Crippen LogP contribution is -2.33. The second-order valence-electron chi connectivity index (χ2n) is 6.16. The zero-order valence-electron chi connectivity index (χ0n) is 14.9. The van der Waals surface area contributed by atoms with E-state index in [0.717, 1.165) is 24.2 Å². The Balaban J connectivity index is 1.64. The zero-order chi connectivity index (χ0) is 18.4. The number of aromatic nitrogens is 1. The summed E-state index contributed by atoms with van der Waals surface area (Å²) in [7, 11) is 1.61. The van der Waals surface area contributed by atoms with Crippen molar-refractivity contribution in [2.24, 2.45) is 0 Å². The molecule has 0 saturated heterocycles. The van der Waals surface area contributed by atoms with E-state index >= 15 is 0 Å². The number of aryl methyl sites for hydroxylation is 1. The number of hydrogen-bond acceptors (Lipinski definition) is 4. The molecule has 5 heteroatoms. The number of carbonyl (C=O) groups is 1. The molecule has 0 aliphatic carbocycles. The van der Waals surface area contributed by atoms with Gasteiger partial charge < -0.3 is 14.5 Å². The van der Waals surface area contributed by atoms with Gasteiger partial charge in [-0.05, 0) is 49.6 Å². The molecule has 1 atom stereocenters. The quantitative estimate of drug-likeness (QED) is 0.697. The van der Waals surface area contributed by atoms with Gasteiger partial charge in [0.1, 0.15) is 5.75 Å². The van der Waals surface area contributed by atoms with Crippen LogP contribution in [-0.2, 0) is 6.42 Å². The van der Waals surface area contributed by atoms with Crippen molar-refractivity contribution >= 4 is 5.91 Å². The fourth-order valence-corrected chi connectivity index (χ4v) is 2.75. The molecule has 0 fully saturated rings. The molecule has 134 valence electrons. The normalized spacial score (nSPS) is 11.8. The molecular weight excluding hydrogens is 328 g/mol. The van der Waals surface area contributed by atoms with Crippen molar-refractivity contribution in [3.63, 3.8) is 0 Å². The van der Waals surface area contributed by atoms with Crippen molar-refractivity contribution in [1.82, 2.24) is 10.3 Å². The number of hydrogen-bond donors (Lipinski definition) is 1. The molecule has 1 aromatic heterocycles. The molecule has 1 N–H and O–H groups in total. The van der Waals surface area contributed by atoms with Gasteiger partial charge in [0.25, 0.3) is 5.91 Å². The number of rotatable bonds is 7. The summed E-state index contributed by atoms with van der Waals surface area (Å²) >= 11 is 0. The zero-order valence-corrected chi connectivity index (χ0v) is 14.9. The largest absolute Gasteiger partial charge is 0.497 e. The summed E-state index contributed by atoms with van der Waals surface area (Å²) in [4.78, 5) is 16.7. The van der Waals surface area contributed by atoms with Crippen LogP contribution in [0.3, 0.4) is 0 Å². The molecule has 3 aromatic rings. The van der Waals surface area contributed by atoms with Crippen LogP contribution in [0, 0.1) is 0 Å². The summed E-state index contributed by atoms with van der Waals surface area (Å²) in [5.41, 5.74) is 2.33. The van der Waals surface area contributed by atoms with Crippen LogP contribution in [0.15, 0.2) is 65.4 Å². The van der Waals surface area contributed by atoms with E-state index in [2.05, 4.69) is 22.4 Å². The molecule has 26 heavy (non-hydrogen) atoms. The Morgan fingerprint density at radius 3 is 2.58 bits per heavy atom. The summed E-state index contributed by atoms with van der Waals surface area (Å²) in [6, 6.07) is 17.6. The third-order valence-corrected chi connectivity index (χ3v) is 4.22. The van der Waals surface area contributed by atoms with Crippen molar-refractivity contribution in [3.8, 4) is 17.1 Å². The van der Waals surface area contributed by atoms with Gasteiger partial charge in [0.2, 0.25) is 0 Å². The summed E-state index contributed by atoms with van der Waals surface area (Å²) in [6.45, 7) is 1.99. The highest BCUT2D eigenvalue weighted by atomic mass is 16.5. The van der Waals surface area contributed by atoms with Crippen molar-refractivity contribution < 1.29 is 13.9 Å². The number of oxazole rings is 1. The lowest BCUT2D eigenvalue weighted by Gasteiger charge is -2.13. The number of ether oxygens (including phenoxy) is 1. The van der Waals surface area contributed by atoms with Crippen LogP contribution in [0.5, 0.6) is 5.75 Å². The maximum absolute atomic E-state index is 12.6. The molecule has 0 aliphatic heterocycles. The first kappa shape index (κ1) is 17.7. The van der Waals surface area contributed by atoms with Crippen LogP contribution >= 0.6 is 0 Å². The second kappa shape index (κ2) is 8.34. The Morgan fingerprint density at radius 1 is 1.15 bits per heavy atom. The number of methoxy groups -OCH3 is 1. The first-order valence-corrected chi connectivity index (χ1v) is 8.60. The van der Waals surface area contributed by atoms with Crippen LogP contribution in [0.1, 0.15) is 29.4 Å². The van der Waals surface area contributed by atoms with E-state index in [1.807, 2.05) is 49.4 Å². The molecule has 0 spiro atoms. The maximum atomic E-state index is 12.6. The minimum Gasteiger partial charge on any atom is -0.497 e. The molecule has 1 amide bonds. The van der Waals surface area contributed by atoms with Gasteiger partial charge in [-0.2, -0.15) is 0 Å². The van der Waals surface area contributed by atoms with E-state index in [0.29, 0.717) is 11.5 Å². The van der Waals surface area contributed by atoms with Gasteiger partial charge in [0, 0.05) is 11.6 Å². The molecule has 1 unspecified atom stereocenters. The summed E-state index contributed by atoms with van der Waals surface area (Å²) in [5, 5.41) is 3.00. The Bertz CT molecular complexity index is 841. The smallest absolute Gasteiger partial charge is 0.274 e. The third kappa shape index (κ3) is 4.30. The lowest BCUT2D eigenvalue weighted by atomic mass is 10.1. The van der Waals surface area contributed by atoms with Gasteiger partial charge in [-0.25, -0.2) is 4.98 Å². The summed E-state index contributed by atoms with van der Waals surface area (Å²) in [5.74, 6) is 0.972. The number of amides is 1. The van der Waals surface area contributed by atoms with Gasteiger partial charge in [-0.3, -0.25) is 4.79 Å². The summed E-state index contributed by atoms with van der Waals surface area (Å²) < 4.78 is 10.6. The topological polar surface area (TPSA) is 64.4 Å². The number of nitrogens with zero attached hydrogens (tertiary/aromatic N) is 1.